The second kappa shape index (κ2) is 8.66. The van der Waals surface area contributed by atoms with Gasteiger partial charge in [-0.25, -0.2) is 18.1 Å². The number of nitrogens with one attached hydrogen (secondary N) is 1. The van der Waals surface area contributed by atoms with Crippen LogP contribution in [0.25, 0.3) is 11.3 Å². The molecular weight excluding hydrogens is 497 g/mol. The van der Waals surface area contributed by atoms with Crippen molar-refractivity contribution in [3.63, 3.8) is 0 Å². The average molecular weight is 523 g/mol. The third kappa shape index (κ3) is 4.72. The minimum atomic E-state index is -4.45. The number of sulfonamides is 1. The van der Waals surface area contributed by atoms with Crippen molar-refractivity contribution in [2.75, 3.05) is 4.90 Å². The van der Waals surface area contributed by atoms with E-state index in [1.54, 1.807) is 40.7 Å². The summed E-state index contributed by atoms with van der Waals surface area (Å²) >= 11 is 0. The summed E-state index contributed by atoms with van der Waals surface area (Å²) < 4.78 is 66.9. The molecule has 36 heavy (non-hydrogen) atoms. The van der Waals surface area contributed by atoms with Crippen LogP contribution >= 0.6 is 0 Å². The highest BCUT2D eigenvalue weighted by Gasteiger charge is 2.47. The molecule has 0 saturated carbocycles. The largest absolute Gasteiger partial charge is 0.408 e. The number of rotatable bonds is 6. The number of hydrogen-bond acceptors (Lipinski definition) is 6. The molecule has 0 atom stereocenters. The van der Waals surface area contributed by atoms with Crippen LogP contribution in [0.4, 0.5) is 18.9 Å². The number of halogens is 3. The first-order valence-electron chi connectivity index (χ1n) is 11.0. The Morgan fingerprint density at radius 1 is 1.14 bits per heavy atom. The van der Waals surface area contributed by atoms with Crippen LogP contribution in [0.5, 0.6) is 0 Å². The van der Waals surface area contributed by atoms with Crippen molar-refractivity contribution in [1.29, 1.82) is 0 Å². The molecule has 0 aromatic carbocycles. The minimum absolute atomic E-state index is 0.0253. The molecule has 13 heteroatoms. The highest BCUT2D eigenvalue weighted by atomic mass is 32.2. The highest BCUT2D eigenvalue weighted by molar-refractivity contribution is 7.89. The fraction of sp³-hybridized carbons (Fsp3) is 0.391. The fourth-order valence-electron chi connectivity index (χ4n) is 4.27. The predicted molar refractivity (Wildman–Crippen MR) is 126 cm³/mol. The molecule has 0 bridgehead atoms. The molecule has 3 aromatic heterocycles. The Kier molecular flexibility index (Phi) is 6.20. The lowest BCUT2D eigenvalue weighted by molar-refractivity contribution is -0.142. The number of fused-ring (bicyclic) bond motifs is 1. The maximum atomic E-state index is 13.4. The number of aryl methyl sites for hydroxylation is 1. The van der Waals surface area contributed by atoms with Gasteiger partial charge in [0.05, 0.1) is 34.4 Å². The smallest absolute Gasteiger partial charge is 0.294 e. The summed E-state index contributed by atoms with van der Waals surface area (Å²) in [5, 5.41) is 3.76. The van der Waals surface area contributed by atoms with Gasteiger partial charge in [-0.3, -0.25) is 19.4 Å². The van der Waals surface area contributed by atoms with Crippen molar-refractivity contribution in [2.45, 2.75) is 63.8 Å². The molecule has 4 rings (SSSR count). The van der Waals surface area contributed by atoms with Crippen LogP contribution in [0.15, 0.2) is 41.8 Å². The Labute approximate surface area is 206 Å². The monoisotopic (exact) mass is 522 g/mol. The lowest BCUT2D eigenvalue weighted by Crippen LogP contribution is -2.39. The zero-order valence-corrected chi connectivity index (χ0v) is 21.1. The number of nitrogens with zero attached hydrogens (tertiary/aromatic N) is 5. The first-order valence-corrected chi connectivity index (χ1v) is 12.5. The van der Waals surface area contributed by atoms with Gasteiger partial charge >= 0.3 is 6.18 Å². The van der Waals surface area contributed by atoms with Crippen molar-refractivity contribution in [2.24, 2.45) is 0 Å². The maximum absolute atomic E-state index is 13.4. The molecule has 1 amide bonds. The van der Waals surface area contributed by atoms with Crippen molar-refractivity contribution < 1.29 is 26.4 Å². The summed E-state index contributed by atoms with van der Waals surface area (Å²) in [6, 6.07) is 2.80. The zero-order valence-electron chi connectivity index (χ0n) is 20.3. The van der Waals surface area contributed by atoms with Crippen molar-refractivity contribution >= 4 is 21.6 Å². The quantitative estimate of drug-likeness (QED) is 0.528. The van der Waals surface area contributed by atoms with E-state index in [1.807, 2.05) is 0 Å². The molecule has 0 unspecified atom stereocenters. The van der Waals surface area contributed by atoms with Crippen LogP contribution in [0.1, 0.15) is 49.3 Å². The SMILES string of the molecule is Cc1cc(-c2cncc(S(=O)(=O)NC(C)C)c2)nc2c1C(=O)N(c1cnn(CC(F)(F)F)c1)C2(C)C. The second-order valence-corrected chi connectivity index (χ2v) is 11.2. The first kappa shape index (κ1) is 25.8. The number of hydrogen-bond donors (Lipinski definition) is 1. The van der Waals surface area contributed by atoms with E-state index in [2.05, 4.69) is 19.8 Å². The molecule has 1 N–H and O–H groups in total. The molecule has 3 aromatic rings. The van der Waals surface area contributed by atoms with Gasteiger partial charge in [0.1, 0.15) is 11.4 Å². The van der Waals surface area contributed by atoms with Gasteiger partial charge in [-0.15, -0.1) is 0 Å². The Balaban J connectivity index is 1.75. The van der Waals surface area contributed by atoms with E-state index in [-0.39, 0.29) is 16.6 Å². The van der Waals surface area contributed by atoms with E-state index in [9.17, 15) is 26.4 Å². The summed E-state index contributed by atoms with van der Waals surface area (Å²) in [6.07, 6.45) is 0.654. The van der Waals surface area contributed by atoms with Crippen molar-refractivity contribution in [3.05, 3.63) is 53.7 Å². The molecule has 0 aliphatic carbocycles. The van der Waals surface area contributed by atoms with Crippen LogP contribution in [-0.2, 0) is 22.1 Å². The van der Waals surface area contributed by atoms with Crippen LogP contribution in [0.2, 0.25) is 0 Å². The fourth-order valence-corrected chi connectivity index (χ4v) is 5.51. The van der Waals surface area contributed by atoms with Crippen LogP contribution in [0, 0.1) is 6.92 Å². The lowest BCUT2D eigenvalue weighted by atomic mass is 9.96. The predicted octanol–water partition coefficient (Wildman–Crippen LogP) is 3.79. The number of aromatic nitrogens is 4. The summed E-state index contributed by atoms with van der Waals surface area (Å²) in [5.74, 6) is -0.409. The van der Waals surface area contributed by atoms with E-state index in [0.29, 0.717) is 28.1 Å². The van der Waals surface area contributed by atoms with E-state index in [1.165, 1.54) is 35.8 Å². The number of amides is 1. The number of pyridine rings is 2. The molecule has 1 aliphatic heterocycles. The number of anilines is 1. The summed E-state index contributed by atoms with van der Waals surface area (Å²) in [5.41, 5.74) is 1.39. The van der Waals surface area contributed by atoms with E-state index >= 15 is 0 Å². The summed E-state index contributed by atoms with van der Waals surface area (Å²) in [4.78, 5) is 23.5. The Bertz CT molecular complexity index is 1450. The zero-order chi connectivity index (χ0) is 26.6. The van der Waals surface area contributed by atoms with Crippen LogP contribution < -0.4 is 9.62 Å². The highest BCUT2D eigenvalue weighted by Crippen LogP contribution is 2.43. The van der Waals surface area contributed by atoms with Crippen LogP contribution in [-0.4, -0.2) is 46.3 Å². The molecule has 0 fully saturated rings. The molecule has 192 valence electrons. The van der Waals surface area contributed by atoms with Crippen molar-refractivity contribution in [3.8, 4) is 11.3 Å². The van der Waals surface area contributed by atoms with Gasteiger partial charge in [0.15, 0.2) is 0 Å². The van der Waals surface area contributed by atoms with Gasteiger partial charge in [-0.2, -0.15) is 18.3 Å². The number of carbonyl (C=O) groups is 1. The molecule has 9 nitrogen and oxygen atoms in total. The number of carbonyl (C=O) groups excluding carboxylic acids is 1. The first-order chi connectivity index (χ1) is 16.6. The minimum Gasteiger partial charge on any atom is -0.294 e. The van der Waals surface area contributed by atoms with Gasteiger partial charge < -0.3 is 0 Å². The van der Waals surface area contributed by atoms with E-state index in [0.717, 1.165) is 4.68 Å². The molecule has 0 radical (unpaired) electrons. The standard InChI is InChI=1S/C23H25F3N6O3S/c1-13(2)30-36(34,35)17-7-15(8-27-10-17)18-6-14(3)19-20(29-18)22(4,5)32(21(19)33)16-9-28-31(11-16)12-23(24,25)26/h6-11,13,30H,12H2,1-5H3. The van der Waals surface area contributed by atoms with Crippen LogP contribution in [0.3, 0.4) is 0 Å². The van der Waals surface area contributed by atoms with E-state index in [4.69, 9.17) is 0 Å². The van der Waals surface area contributed by atoms with E-state index < -0.39 is 34.2 Å². The van der Waals surface area contributed by atoms with Gasteiger partial charge in [0.25, 0.3) is 5.91 Å². The molecule has 0 saturated heterocycles. The molecular formula is C23H25F3N6O3S. The topological polar surface area (TPSA) is 110 Å². The van der Waals surface area contributed by atoms with Crippen molar-refractivity contribution in [1.82, 2.24) is 24.5 Å². The van der Waals surface area contributed by atoms with Gasteiger partial charge in [-0.1, -0.05) is 0 Å². The summed E-state index contributed by atoms with van der Waals surface area (Å²) in [6.45, 7) is 7.33. The van der Waals surface area contributed by atoms with Gasteiger partial charge in [0, 0.05) is 30.2 Å². The second-order valence-electron chi connectivity index (χ2n) is 9.44. The molecule has 0 spiro atoms. The maximum Gasteiger partial charge on any atom is 0.408 e. The third-order valence-corrected chi connectivity index (χ3v) is 7.33. The molecule has 4 heterocycles. The lowest BCUT2D eigenvalue weighted by Gasteiger charge is -2.30. The van der Waals surface area contributed by atoms with Gasteiger partial charge in [0.2, 0.25) is 10.0 Å². The van der Waals surface area contributed by atoms with Gasteiger partial charge in [-0.05, 0) is 52.3 Å². The Hall–Kier alpha value is -3.32. The average Bonchev–Trinajstić information content (AvgIpc) is 3.25. The molecule has 1 aliphatic rings. The summed E-state index contributed by atoms with van der Waals surface area (Å²) in [7, 11) is -3.79. The normalized spacial score (nSPS) is 15.6. The Morgan fingerprint density at radius 3 is 2.47 bits per heavy atom. The Morgan fingerprint density at radius 2 is 1.83 bits per heavy atom. The third-order valence-electron chi connectivity index (χ3n) is 5.70. The number of alkyl halides is 3.